The van der Waals surface area contributed by atoms with Crippen molar-refractivity contribution in [1.82, 2.24) is 0 Å². The molecular weight excluding hydrogens is 298 g/mol. The van der Waals surface area contributed by atoms with Crippen LogP contribution in [-0.4, -0.2) is 13.1 Å². The van der Waals surface area contributed by atoms with Crippen molar-refractivity contribution >= 4 is 33.2 Å². The van der Waals surface area contributed by atoms with Crippen LogP contribution in [0.5, 0.6) is 0 Å². The van der Waals surface area contributed by atoms with Crippen LogP contribution in [0.15, 0.2) is 22.7 Å². The molecule has 1 aliphatic rings. The van der Waals surface area contributed by atoms with Gasteiger partial charge in [0.25, 0.3) is 0 Å². The van der Waals surface area contributed by atoms with Gasteiger partial charge in [0.05, 0.1) is 0 Å². The van der Waals surface area contributed by atoms with Gasteiger partial charge in [-0.2, -0.15) is 0 Å². The Balaban J connectivity index is 2.19. The van der Waals surface area contributed by atoms with E-state index in [1.807, 2.05) is 0 Å². The summed E-state index contributed by atoms with van der Waals surface area (Å²) in [5.74, 6) is 0.562. The molecule has 0 unspecified atom stereocenters. The van der Waals surface area contributed by atoms with E-state index in [1.165, 1.54) is 18.5 Å². The lowest BCUT2D eigenvalue weighted by Crippen LogP contribution is -2.40. The molecule has 94 valence electrons. The van der Waals surface area contributed by atoms with E-state index >= 15 is 0 Å². The fourth-order valence-corrected chi connectivity index (χ4v) is 3.39. The average molecular weight is 317 g/mol. The Morgan fingerprint density at radius 1 is 1.41 bits per heavy atom. The minimum absolute atomic E-state index is 0.426. The van der Waals surface area contributed by atoms with E-state index < -0.39 is 0 Å². The first-order chi connectivity index (χ1) is 8.02. The van der Waals surface area contributed by atoms with Crippen molar-refractivity contribution in [2.24, 2.45) is 5.41 Å². The quantitative estimate of drug-likeness (QED) is 0.707. The SMILES string of the molecule is CC1(C)CCCN(c2ccc(CCl)c(Br)c2)C1. The molecule has 1 fully saturated rings. The molecule has 1 aromatic rings. The van der Waals surface area contributed by atoms with Crippen LogP contribution in [0.2, 0.25) is 0 Å². The molecular formula is C14H19BrClN. The van der Waals surface area contributed by atoms with Crippen LogP contribution < -0.4 is 4.90 Å². The third kappa shape index (κ3) is 3.17. The predicted octanol–water partition coefficient (Wildman–Crippen LogP) is 4.81. The summed E-state index contributed by atoms with van der Waals surface area (Å²) in [6, 6.07) is 6.50. The molecule has 0 radical (unpaired) electrons. The third-order valence-electron chi connectivity index (χ3n) is 3.45. The first kappa shape index (κ1) is 13.2. The summed E-state index contributed by atoms with van der Waals surface area (Å²) in [6.07, 6.45) is 2.60. The molecule has 0 spiro atoms. The van der Waals surface area contributed by atoms with Crippen LogP contribution >= 0.6 is 27.5 Å². The maximum Gasteiger partial charge on any atom is 0.0485 e. The van der Waals surface area contributed by atoms with Gasteiger partial charge in [0.15, 0.2) is 0 Å². The van der Waals surface area contributed by atoms with Gasteiger partial charge in [0.2, 0.25) is 0 Å². The number of piperidine rings is 1. The Hall–Kier alpha value is -0.210. The van der Waals surface area contributed by atoms with Crippen molar-refractivity contribution in [1.29, 1.82) is 0 Å². The lowest BCUT2D eigenvalue weighted by atomic mass is 9.84. The summed E-state index contributed by atoms with van der Waals surface area (Å²) >= 11 is 9.46. The number of nitrogens with zero attached hydrogens (tertiary/aromatic N) is 1. The minimum Gasteiger partial charge on any atom is -0.371 e. The Kier molecular flexibility index (Phi) is 4.04. The summed E-state index contributed by atoms with van der Waals surface area (Å²) in [7, 11) is 0. The van der Waals surface area contributed by atoms with Crippen LogP contribution in [0.4, 0.5) is 5.69 Å². The third-order valence-corrected chi connectivity index (χ3v) is 4.47. The molecule has 0 atom stereocenters. The van der Waals surface area contributed by atoms with E-state index in [-0.39, 0.29) is 0 Å². The fraction of sp³-hybridized carbons (Fsp3) is 0.571. The molecule has 1 saturated heterocycles. The van der Waals surface area contributed by atoms with Crippen LogP contribution in [0, 0.1) is 5.41 Å². The summed E-state index contributed by atoms with van der Waals surface area (Å²) < 4.78 is 1.12. The Labute approximate surface area is 117 Å². The molecule has 1 aromatic carbocycles. The molecule has 0 bridgehead atoms. The van der Waals surface area contributed by atoms with Crippen LogP contribution in [0.1, 0.15) is 32.3 Å². The maximum atomic E-state index is 5.87. The number of anilines is 1. The predicted molar refractivity (Wildman–Crippen MR) is 78.9 cm³/mol. The Morgan fingerprint density at radius 2 is 2.18 bits per heavy atom. The van der Waals surface area contributed by atoms with E-state index in [9.17, 15) is 0 Å². The summed E-state index contributed by atoms with van der Waals surface area (Å²) in [4.78, 5) is 2.48. The van der Waals surface area contributed by atoms with Crippen molar-refractivity contribution in [3.8, 4) is 0 Å². The van der Waals surface area contributed by atoms with Gasteiger partial charge < -0.3 is 4.90 Å². The zero-order valence-corrected chi connectivity index (χ0v) is 12.8. The lowest BCUT2D eigenvalue weighted by molar-refractivity contribution is 0.293. The molecule has 0 saturated carbocycles. The van der Waals surface area contributed by atoms with E-state index in [2.05, 4.69) is 52.9 Å². The molecule has 1 aliphatic heterocycles. The number of hydrogen-bond donors (Lipinski definition) is 0. The van der Waals surface area contributed by atoms with Gasteiger partial charge in [-0.15, -0.1) is 11.6 Å². The molecule has 0 aliphatic carbocycles. The topological polar surface area (TPSA) is 3.24 Å². The van der Waals surface area contributed by atoms with E-state index in [0.717, 1.165) is 23.1 Å². The van der Waals surface area contributed by atoms with Gasteiger partial charge >= 0.3 is 0 Å². The normalized spacial score (nSPS) is 19.4. The molecule has 2 rings (SSSR count). The smallest absolute Gasteiger partial charge is 0.0485 e. The lowest BCUT2D eigenvalue weighted by Gasteiger charge is -2.39. The summed E-state index contributed by atoms with van der Waals surface area (Å²) in [5.41, 5.74) is 2.89. The minimum atomic E-state index is 0.426. The number of alkyl halides is 1. The number of halogens is 2. The van der Waals surface area contributed by atoms with Crippen molar-refractivity contribution in [3.63, 3.8) is 0 Å². The van der Waals surface area contributed by atoms with E-state index in [0.29, 0.717) is 11.3 Å². The van der Waals surface area contributed by atoms with E-state index in [1.54, 1.807) is 0 Å². The highest BCUT2D eigenvalue weighted by Crippen LogP contribution is 2.33. The number of rotatable bonds is 2. The second-order valence-corrected chi connectivity index (χ2v) is 6.72. The molecule has 0 N–H and O–H groups in total. The molecule has 0 amide bonds. The van der Waals surface area contributed by atoms with Crippen LogP contribution in [0.3, 0.4) is 0 Å². The van der Waals surface area contributed by atoms with Crippen LogP contribution in [0.25, 0.3) is 0 Å². The number of hydrogen-bond acceptors (Lipinski definition) is 1. The Bertz CT molecular complexity index is 403. The molecule has 17 heavy (non-hydrogen) atoms. The summed E-state index contributed by atoms with van der Waals surface area (Å²) in [6.45, 7) is 7.00. The molecule has 1 heterocycles. The van der Waals surface area contributed by atoms with Crippen molar-refractivity contribution in [3.05, 3.63) is 28.2 Å². The van der Waals surface area contributed by atoms with Gasteiger partial charge in [-0.05, 0) is 36.0 Å². The molecule has 3 heteroatoms. The maximum absolute atomic E-state index is 5.87. The van der Waals surface area contributed by atoms with Gasteiger partial charge in [0, 0.05) is 29.1 Å². The highest BCUT2D eigenvalue weighted by Gasteiger charge is 2.26. The van der Waals surface area contributed by atoms with Crippen molar-refractivity contribution in [2.45, 2.75) is 32.6 Å². The van der Waals surface area contributed by atoms with Crippen molar-refractivity contribution in [2.75, 3.05) is 18.0 Å². The molecule has 0 aromatic heterocycles. The monoisotopic (exact) mass is 315 g/mol. The second-order valence-electron chi connectivity index (χ2n) is 5.60. The molecule has 1 nitrogen and oxygen atoms in total. The highest BCUT2D eigenvalue weighted by molar-refractivity contribution is 9.10. The summed E-state index contributed by atoms with van der Waals surface area (Å²) in [5, 5.41) is 0. The average Bonchev–Trinajstić information content (AvgIpc) is 2.27. The highest BCUT2D eigenvalue weighted by atomic mass is 79.9. The number of benzene rings is 1. The first-order valence-electron chi connectivity index (χ1n) is 6.11. The van der Waals surface area contributed by atoms with Crippen molar-refractivity contribution < 1.29 is 0 Å². The first-order valence-corrected chi connectivity index (χ1v) is 7.44. The Morgan fingerprint density at radius 3 is 2.76 bits per heavy atom. The van der Waals surface area contributed by atoms with Gasteiger partial charge in [-0.25, -0.2) is 0 Å². The zero-order chi connectivity index (χ0) is 12.5. The largest absolute Gasteiger partial charge is 0.371 e. The van der Waals surface area contributed by atoms with Gasteiger partial charge in [0.1, 0.15) is 0 Å². The zero-order valence-electron chi connectivity index (χ0n) is 10.5. The van der Waals surface area contributed by atoms with Crippen LogP contribution in [-0.2, 0) is 5.88 Å². The fourth-order valence-electron chi connectivity index (χ4n) is 2.48. The van der Waals surface area contributed by atoms with E-state index in [4.69, 9.17) is 11.6 Å². The van der Waals surface area contributed by atoms with Gasteiger partial charge in [-0.3, -0.25) is 0 Å². The second kappa shape index (κ2) is 5.19. The van der Waals surface area contributed by atoms with Gasteiger partial charge in [-0.1, -0.05) is 35.8 Å². The standard InChI is InChI=1S/C14H19BrClN/c1-14(2)6-3-7-17(10-14)12-5-4-11(9-16)13(15)8-12/h4-5,8H,3,6-7,9-10H2,1-2H3.